The number of sulfonamides is 1. The van der Waals surface area contributed by atoms with E-state index in [1.807, 2.05) is 34.6 Å². The van der Waals surface area contributed by atoms with Gasteiger partial charge in [0.15, 0.2) is 0 Å². The Hall–Kier alpha value is -3.20. The number of rotatable bonds is 5. The fraction of sp³-hybridized carbons (Fsp3) is 0.348. The molecule has 1 aliphatic rings. The molecule has 0 fully saturated rings. The zero-order chi connectivity index (χ0) is 23.7. The van der Waals surface area contributed by atoms with Crippen molar-refractivity contribution in [3.05, 3.63) is 54.1 Å². The fourth-order valence-corrected chi connectivity index (χ4v) is 4.33. The molecule has 0 saturated carbocycles. The molecule has 0 aliphatic carbocycles. The lowest BCUT2D eigenvalue weighted by molar-refractivity contribution is -0.123. The molecule has 1 heterocycles. The number of carbonyl (C=O) groups excluding carboxylic acids is 2. The van der Waals surface area contributed by atoms with Crippen LogP contribution < -0.4 is 15.4 Å². The Morgan fingerprint density at radius 2 is 1.59 bits per heavy atom. The number of carbonyl (C=O) groups is 2. The number of anilines is 2. The molecule has 3 rings (SSSR count). The van der Waals surface area contributed by atoms with Gasteiger partial charge in [0.25, 0.3) is 10.0 Å². The van der Waals surface area contributed by atoms with Gasteiger partial charge in [0.1, 0.15) is 11.9 Å². The maximum atomic E-state index is 13.0. The lowest BCUT2D eigenvalue weighted by atomic mass is 9.95. The van der Waals surface area contributed by atoms with E-state index >= 15 is 0 Å². The first-order chi connectivity index (χ1) is 14.9. The predicted octanol–water partition coefficient (Wildman–Crippen LogP) is 3.37. The molecule has 8 nitrogen and oxygen atoms in total. The Morgan fingerprint density at radius 3 is 2.22 bits per heavy atom. The molecule has 170 valence electrons. The zero-order valence-corrected chi connectivity index (χ0v) is 19.6. The highest BCUT2D eigenvalue weighted by Crippen LogP contribution is 2.24. The summed E-state index contributed by atoms with van der Waals surface area (Å²) in [7, 11) is -3.69. The van der Waals surface area contributed by atoms with E-state index in [4.69, 9.17) is 0 Å². The molecular formula is C23H28N4O4S. The summed E-state index contributed by atoms with van der Waals surface area (Å²) in [4.78, 5) is 29.9. The molecule has 0 spiro atoms. The first kappa shape index (κ1) is 23.5. The topological polar surface area (TPSA) is 117 Å². The van der Waals surface area contributed by atoms with Crippen molar-refractivity contribution < 1.29 is 18.0 Å². The van der Waals surface area contributed by atoms with Crippen molar-refractivity contribution in [2.45, 2.75) is 45.6 Å². The van der Waals surface area contributed by atoms with Gasteiger partial charge < -0.3 is 10.6 Å². The van der Waals surface area contributed by atoms with Crippen molar-refractivity contribution in [3.8, 4) is 0 Å². The van der Waals surface area contributed by atoms with Gasteiger partial charge in [0.2, 0.25) is 11.8 Å². The van der Waals surface area contributed by atoms with Crippen LogP contribution in [0.15, 0.2) is 58.4 Å². The first-order valence-corrected chi connectivity index (χ1v) is 11.8. The molecule has 2 aromatic rings. The molecule has 0 radical (unpaired) electrons. The molecule has 0 unspecified atom stereocenters. The summed E-state index contributed by atoms with van der Waals surface area (Å²) >= 11 is 0. The van der Waals surface area contributed by atoms with Crippen LogP contribution >= 0.6 is 0 Å². The number of nitrogens with zero attached hydrogens (tertiary/aromatic N) is 1. The second-order valence-corrected chi connectivity index (χ2v) is 10.7. The quantitative estimate of drug-likeness (QED) is 0.639. The largest absolute Gasteiger partial charge is 0.326 e. The molecule has 3 N–H and O–H groups in total. The summed E-state index contributed by atoms with van der Waals surface area (Å²) in [6.45, 7) is 9.12. The van der Waals surface area contributed by atoms with Crippen molar-refractivity contribution in [1.29, 1.82) is 0 Å². The van der Waals surface area contributed by atoms with Crippen molar-refractivity contribution in [3.63, 3.8) is 0 Å². The van der Waals surface area contributed by atoms with Gasteiger partial charge in [-0.1, -0.05) is 52.8 Å². The zero-order valence-electron chi connectivity index (χ0n) is 18.8. The molecule has 2 aromatic carbocycles. The van der Waals surface area contributed by atoms with Crippen LogP contribution in [0.1, 0.15) is 40.2 Å². The van der Waals surface area contributed by atoms with Gasteiger partial charge in [-0.2, -0.15) is 0 Å². The average molecular weight is 457 g/mol. The van der Waals surface area contributed by atoms with Crippen LogP contribution in [0.25, 0.3) is 0 Å². The van der Waals surface area contributed by atoms with Gasteiger partial charge in [-0.15, -0.1) is 0 Å². The Kier molecular flexibility index (Phi) is 6.41. The molecule has 0 aromatic heterocycles. The lowest BCUT2D eigenvalue weighted by Gasteiger charge is -2.19. The molecule has 2 amide bonds. The summed E-state index contributed by atoms with van der Waals surface area (Å²) in [6.07, 6.45) is 0. The van der Waals surface area contributed by atoms with E-state index in [-0.39, 0.29) is 28.5 Å². The van der Waals surface area contributed by atoms with Crippen molar-refractivity contribution in [2.75, 3.05) is 10.6 Å². The van der Waals surface area contributed by atoms with Crippen LogP contribution in [0.4, 0.5) is 11.4 Å². The maximum Gasteiger partial charge on any atom is 0.263 e. The number of hydrogen-bond acceptors (Lipinski definition) is 5. The Labute approximate surface area is 188 Å². The number of amides is 2. The highest BCUT2D eigenvalue weighted by molar-refractivity contribution is 7.90. The van der Waals surface area contributed by atoms with E-state index in [0.717, 1.165) is 0 Å². The van der Waals surface area contributed by atoms with E-state index in [2.05, 4.69) is 20.3 Å². The maximum absolute atomic E-state index is 13.0. The summed E-state index contributed by atoms with van der Waals surface area (Å²) in [6, 6.07) is 12.5. The monoisotopic (exact) mass is 456 g/mol. The third kappa shape index (κ3) is 5.16. The number of hydrogen-bond donors (Lipinski definition) is 3. The standard InChI is InChI=1S/C23H28N4O4S/c1-14(2)19(26-20-17-11-6-7-12-18(17)32(30,31)27-20)21(28)24-15-9-8-10-16(13-15)25-22(29)23(3,4)5/h6-14,19H,1-5H3,(H,24,28)(H,25,29)(H,26,27)/t19-/m0/s1. The summed E-state index contributed by atoms with van der Waals surface area (Å²) in [5, 5.41) is 5.65. The molecule has 0 saturated heterocycles. The third-order valence-electron chi connectivity index (χ3n) is 4.90. The molecular weight excluding hydrogens is 428 g/mol. The van der Waals surface area contributed by atoms with E-state index in [1.165, 1.54) is 6.07 Å². The van der Waals surface area contributed by atoms with E-state index in [1.54, 1.807) is 42.5 Å². The Balaban J connectivity index is 1.83. The smallest absolute Gasteiger partial charge is 0.263 e. The van der Waals surface area contributed by atoms with Gasteiger partial charge in [0.05, 0.1) is 4.90 Å². The summed E-state index contributed by atoms with van der Waals surface area (Å²) in [5.41, 5.74) is 0.952. The van der Waals surface area contributed by atoms with Crippen molar-refractivity contribution in [1.82, 2.24) is 4.72 Å². The number of fused-ring (bicyclic) bond motifs is 1. The summed E-state index contributed by atoms with van der Waals surface area (Å²) < 4.78 is 27.1. The second kappa shape index (κ2) is 8.74. The number of nitrogens with one attached hydrogen (secondary N) is 3. The van der Waals surface area contributed by atoms with Gasteiger partial charge in [-0.25, -0.2) is 8.42 Å². The van der Waals surface area contributed by atoms with Gasteiger partial charge in [-0.3, -0.25) is 19.3 Å². The molecule has 9 heteroatoms. The minimum Gasteiger partial charge on any atom is -0.326 e. The number of aliphatic imine (C=N–C) groups is 1. The van der Waals surface area contributed by atoms with Crippen LogP contribution in [0, 0.1) is 11.3 Å². The fourth-order valence-electron chi connectivity index (χ4n) is 3.09. The Bertz CT molecular complexity index is 1180. The minimum absolute atomic E-state index is 0.139. The lowest BCUT2D eigenvalue weighted by Crippen LogP contribution is -2.34. The van der Waals surface area contributed by atoms with Crippen LogP contribution in [0.2, 0.25) is 0 Å². The molecule has 32 heavy (non-hydrogen) atoms. The minimum atomic E-state index is -3.69. The highest BCUT2D eigenvalue weighted by atomic mass is 32.2. The van der Waals surface area contributed by atoms with Crippen LogP contribution in [0.5, 0.6) is 0 Å². The van der Waals surface area contributed by atoms with E-state index in [0.29, 0.717) is 16.9 Å². The third-order valence-corrected chi connectivity index (χ3v) is 6.30. The van der Waals surface area contributed by atoms with Gasteiger partial charge in [-0.05, 0) is 36.2 Å². The SMILES string of the molecule is CC(C)[C@H](N=C1NS(=O)(=O)c2ccccc21)C(=O)Nc1cccc(NC(=O)C(C)(C)C)c1. The Morgan fingerprint density at radius 1 is 0.969 bits per heavy atom. The van der Waals surface area contributed by atoms with Crippen LogP contribution in [-0.4, -0.2) is 32.1 Å². The number of amidine groups is 1. The van der Waals surface area contributed by atoms with Crippen molar-refractivity contribution in [2.24, 2.45) is 16.3 Å². The molecule has 0 bridgehead atoms. The predicted molar refractivity (Wildman–Crippen MR) is 125 cm³/mol. The van der Waals surface area contributed by atoms with E-state index < -0.39 is 21.5 Å². The van der Waals surface area contributed by atoms with Gasteiger partial charge in [0, 0.05) is 22.4 Å². The van der Waals surface area contributed by atoms with Crippen molar-refractivity contribution >= 4 is 39.0 Å². The second-order valence-electron chi connectivity index (χ2n) is 9.04. The van der Waals surface area contributed by atoms with Gasteiger partial charge >= 0.3 is 0 Å². The first-order valence-electron chi connectivity index (χ1n) is 10.3. The highest BCUT2D eigenvalue weighted by Gasteiger charge is 2.32. The molecule has 1 atom stereocenters. The normalized spacial score (nSPS) is 16.9. The van der Waals surface area contributed by atoms with Crippen LogP contribution in [0.3, 0.4) is 0 Å². The average Bonchev–Trinajstić information content (AvgIpc) is 2.96. The van der Waals surface area contributed by atoms with Crippen LogP contribution in [-0.2, 0) is 19.6 Å². The number of benzene rings is 2. The summed E-state index contributed by atoms with van der Waals surface area (Å²) in [5.74, 6) is -0.556. The molecule has 1 aliphatic heterocycles. The van der Waals surface area contributed by atoms with E-state index in [9.17, 15) is 18.0 Å².